The number of rotatable bonds is 10. The fourth-order valence-electron chi connectivity index (χ4n) is 3.68. The minimum absolute atomic E-state index is 0.0143. The van der Waals surface area contributed by atoms with Crippen LogP contribution in [0.3, 0.4) is 0 Å². The molecule has 1 heterocycles. The molecular weight excluding hydrogens is 444 g/mol. The van der Waals surface area contributed by atoms with E-state index in [2.05, 4.69) is 58.8 Å². The third kappa shape index (κ3) is 6.12. The fourth-order valence-corrected chi connectivity index (χ4v) is 4.60. The van der Waals surface area contributed by atoms with Gasteiger partial charge < -0.3 is 10.1 Å². The van der Waals surface area contributed by atoms with E-state index in [9.17, 15) is 4.79 Å². The van der Waals surface area contributed by atoms with Gasteiger partial charge in [0.05, 0.1) is 6.04 Å². The lowest BCUT2D eigenvalue weighted by molar-refractivity contribution is -0.125. The molecule has 0 aliphatic heterocycles. The van der Waals surface area contributed by atoms with Crippen LogP contribution in [0.25, 0.3) is 5.69 Å². The van der Waals surface area contributed by atoms with Gasteiger partial charge >= 0.3 is 0 Å². The zero-order valence-electron chi connectivity index (χ0n) is 19.3. The first kappa shape index (κ1) is 23.7. The van der Waals surface area contributed by atoms with Crippen LogP contribution in [0.1, 0.15) is 28.6 Å². The van der Waals surface area contributed by atoms with Crippen molar-refractivity contribution in [1.82, 2.24) is 20.1 Å². The molecule has 34 heavy (non-hydrogen) atoms. The first-order chi connectivity index (χ1) is 16.6. The summed E-state index contributed by atoms with van der Waals surface area (Å²) in [7, 11) is 1.51. The van der Waals surface area contributed by atoms with Crippen LogP contribution in [-0.4, -0.2) is 34.4 Å². The first-order valence-corrected chi connectivity index (χ1v) is 12.1. The monoisotopic (exact) mass is 472 g/mol. The summed E-state index contributed by atoms with van der Waals surface area (Å²) in [6, 6.07) is 28.2. The molecule has 1 atom stereocenters. The van der Waals surface area contributed by atoms with Crippen LogP contribution in [0.2, 0.25) is 0 Å². The van der Waals surface area contributed by atoms with Gasteiger partial charge in [-0.25, -0.2) is 0 Å². The Labute approximate surface area is 204 Å². The van der Waals surface area contributed by atoms with Crippen molar-refractivity contribution >= 4 is 17.7 Å². The number of carbonyl (C=O) groups excluding carboxylic acids is 1. The minimum Gasteiger partial charge on any atom is -0.375 e. The van der Waals surface area contributed by atoms with Gasteiger partial charge in [0.1, 0.15) is 6.61 Å². The number of ether oxygens (including phenoxy) is 1. The average molecular weight is 473 g/mol. The Morgan fingerprint density at radius 3 is 2.24 bits per heavy atom. The van der Waals surface area contributed by atoms with Gasteiger partial charge in [0.15, 0.2) is 11.0 Å². The SMILES string of the molecule is COCC(=O)NC(Cc1ccccc1)c1nnc(SCc2ccccc2)n1-c1ccc(C)cc1. The Morgan fingerprint density at radius 2 is 1.59 bits per heavy atom. The summed E-state index contributed by atoms with van der Waals surface area (Å²) in [4.78, 5) is 12.5. The Kier molecular flexibility index (Phi) is 8.12. The fraction of sp³-hybridized carbons (Fsp3) is 0.222. The summed E-state index contributed by atoms with van der Waals surface area (Å²) in [5, 5.41) is 13.0. The molecule has 1 N–H and O–H groups in total. The summed E-state index contributed by atoms with van der Waals surface area (Å²) in [6.45, 7) is 2.05. The number of nitrogens with one attached hydrogen (secondary N) is 1. The number of benzene rings is 3. The van der Waals surface area contributed by atoms with Gasteiger partial charge in [-0.15, -0.1) is 10.2 Å². The number of aryl methyl sites for hydroxylation is 1. The highest BCUT2D eigenvalue weighted by molar-refractivity contribution is 7.98. The lowest BCUT2D eigenvalue weighted by atomic mass is 10.0. The third-order valence-electron chi connectivity index (χ3n) is 5.37. The van der Waals surface area contributed by atoms with E-state index in [1.54, 1.807) is 11.8 Å². The number of hydrogen-bond donors (Lipinski definition) is 1. The number of thioether (sulfide) groups is 1. The second-order valence-electron chi connectivity index (χ2n) is 8.03. The molecule has 0 aliphatic rings. The number of aromatic nitrogens is 3. The molecule has 1 aromatic heterocycles. The lowest BCUT2D eigenvalue weighted by Crippen LogP contribution is -2.34. The predicted molar refractivity (Wildman–Crippen MR) is 135 cm³/mol. The van der Waals surface area contributed by atoms with Crippen LogP contribution in [0.4, 0.5) is 0 Å². The van der Waals surface area contributed by atoms with Gasteiger partial charge in [-0.3, -0.25) is 9.36 Å². The maximum absolute atomic E-state index is 12.5. The van der Waals surface area contributed by atoms with Crippen LogP contribution in [0, 0.1) is 6.92 Å². The summed E-state index contributed by atoms with van der Waals surface area (Å²) in [6.07, 6.45) is 0.587. The van der Waals surface area contributed by atoms with E-state index in [-0.39, 0.29) is 18.6 Å². The van der Waals surface area contributed by atoms with E-state index in [1.165, 1.54) is 18.2 Å². The van der Waals surface area contributed by atoms with E-state index in [1.807, 2.05) is 53.1 Å². The zero-order chi connectivity index (χ0) is 23.8. The van der Waals surface area contributed by atoms with E-state index in [4.69, 9.17) is 4.74 Å². The minimum atomic E-state index is -0.370. The van der Waals surface area contributed by atoms with Crippen molar-refractivity contribution in [2.24, 2.45) is 0 Å². The number of hydrogen-bond acceptors (Lipinski definition) is 5. The van der Waals surface area contributed by atoms with Gasteiger partial charge in [0.2, 0.25) is 5.91 Å². The molecule has 7 heteroatoms. The van der Waals surface area contributed by atoms with Crippen molar-refractivity contribution in [2.45, 2.75) is 30.3 Å². The molecule has 0 spiro atoms. The molecular formula is C27H28N4O2S. The summed E-state index contributed by atoms with van der Waals surface area (Å²) >= 11 is 1.62. The van der Waals surface area contributed by atoms with E-state index in [0.29, 0.717) is 12.2 Å². The molecule has 4 rings (SSSR count). The van der Waals surface area contributed by atoms with Crippen LogP contribution >= 0.6 is 11.8 Å². The maximum Gasteiger partial charge on any atom is 0.246 e. The highest BCUT2D eigenvalue weighted by atomic mass is 32.2. The molecule has 0 bridgehead atoms. The van der Waals surface area contributed by atoms with Gasteiger partial charge in [-0.1, -0.05) is 90.1 Å². The Bertz CT molecular complexity index is 1190. The van der Waals surface area contributed by atoms with Crippen molar-refractivity contribution in [2.75, 3.05) is 13.7 Å². The van der Waals surface area contributed by atoms with Gasteiger partial charge in [-0.05, 0) is 36.6 Å². The van der Waals surface area contributed by atoms with E-state index in [0.717, 1.165) is 22.2 Å². The van der Waals surface area contributed by atoms with Crippen molar-refractivity contribution in [3.63, 3.8) is 0 Å². The molecule has 0 radical (unpaired) electrons. The molecule has 0 aliphatic carbocycles. The molecule has 174 valence electrons. The highest BCUT2D eigenvalue weighted by Crippen LogP contribution is 2.29. The lowest BCUT2D eigenvalue weighted by Gasteiger charge is -2.20. The highest BCUT2D eigenvalue weighted by Gasteiger charge is 2.25. The molecule has 1 unspecified atom stereocenters. The molecule has 1 amide bonds. The normalized spacial score (nSPS) is 11.8. The van der Waals surface area contributed by atoms with Crippen LogP contribution in [0.15, 0.2) is 90.1 Å². The molecule has 6 nitrogen and oxygen atoms in total. The van der Waals surface area contributed by atoms with Gasteiger partial charge in [0.25, 0.3) is 0 Å². The second kappa shape index (κ2) is 11.6. The first-order valence-electron chi connectivity index (χ1n) is 11.2. The number of nitrogens with zero attached hydrogens (tertiary/aromatic N) is 3. The summed E-state index contributed by atoms with van der Waals surface area (Å²) in [5.41, 5.74) is 4.44. The van der Waals surface area contributed by atoms with E-state index < -0.39 is 0 Å². The number of amides is 1. The largest absolute Gasteiger partial charge is 0.375 e. The maximum atomic E-state index is 12.5. The third-order valence-corrected chi connectivity index (χ3v) is 6.37. The van der Waals surface area contributed by atoms with E-state index >= 15 is 0 Å². The quantitative estimate of drug-likeness (QED) is 0.332. The Morgan fingerprint density at radius 1 is 0.941 bits per heavy atom. The molecule has 4 aromatic rings. The predicted octanol–water partition coefficient (Wildman–Crippen LogP) is 4.91. The Balaban J connectivity index is 1.72. The number of carbonyl (C=O) groups is 1. The Hall–Kier alpha value is -3.42. The molecule has 0 saturated carbocycles. The van der Waals surface area contributed by atoms with Crippen LogP contribution < -0.4 is 5.32 Å². The standard InChI is InChI=1S/C27H28N4O2S/c1-20-13-15-23(16-14-20)31-26(29-30-27(31)34-19-22-11-7-4-8-12-22)24(28-25(32)18-33-2)17-21-9-5-3-6-10-21/h3-16,24H,17-19H2,1-2H3,(H,28,32). The molecule has 0 saturated heterocycles. The van der Waals surface area contributed by atoms with Crippen molar-refractivity contribution in [3.05, 3.63) is 107 Å². The topological polar surface area (TPSA) is 69.0 Å². The van der Waals surface area contributed by atoms with Gasteiger partial charge in [-0.2, -0.15) is 0 Å². The van der Waals surface area contributed by atoms with Crippen molar-refractivity contribution in [1.29, 1.82) is 0 Å². The van der Waals surface area contributed by atoms with Crippen LogP contribution in [0.5, 0.6) is 0 Å². The van der Waals surface area contributed by atoms with Crippen molar-refractivity contribution < 1.29 is 9.53 Å². The second-order valence-corrected chi connectivity index (χ2v) is 8.97. The smallest absolute Gasteiger partial charge is 0.246 e. The number of methoxy groups -OCH3 is 1. The van der Waals surface area contributed by atoms with Crippen LogP contribution in [-0.2, 0) is 21.7 Å². The zero-order valence-corrected chi connectivity index (χ0v) is 20.2. The van der Waals surface area contributed by atoms with Gasteiger partial charge in [0, 0.05) is 18.6 Å². The average Bonchev–Trinajstić information content (AvgIpc) is 3.28. The summed E-state index contributed by atoms with van der Waals surface area (Å²) < 4.78 is 7.10. The summed E-state index contributed by atoms with van der Waals surface area (Å²) in [5.74, 6) is 1.26. The molecule has 0 fully saturated rings. The molecule has 3 aromatic carbocycles. The van der Waals surface area contributed by atoms with Crippen molar-refractivity contribution in [3.8, 4) is 5.69 Å².